The summed E-state index contributed by atoms with van der Waals surface area (Å²) < 4.78 is 0. The summed E-state index contributed by atoms with van der Waals surface area (Å²) in [5.74, 6) is 0.146. The molecule has 1 aliphatic rings. The van der Waals surface area contributed by atoms with Crippen molar-refractivity contribution in [3.05, 3.63) is 52.4 Å². The van der Waals surface area contributed by atoms with Crippen LogP contribution < -0.4 is 10.5 Å². The molecule has 2 heterocycles. The van der Waals surface area contributed by atoms with E-state index in [1.807, 2.05) is 23.1 Å². The van der Waals surface area contributed by atoms with E-state index in [2.05, 4.69) is 40.8 Å². The Morgan fingerprint density at radius 3 is 2.52 bits per heavy atom. The number of nitrogens with one attached hydrogen (secondary N) is 1. The van der Waals surface area contributed by atoms with Gasteiger partial charge in [-0.1, -0.05) is 56.7 Å². The maximum atomic E-state index is 13.2. The number of amides is 1. The van der Waals surface area contributed by atoms with Crippen molar-refractivity contribution in [2.45, 2.75) is 49.9 Å². The van der Waals surface area contributed by atoms with Gasteiger partial charge in [-0.25, -0.2) is 4.98 Å². The van der Waals surface area contributed by atoms with E-state index < -0.39 is 0 Å². The molecule has 0 spiro atoms. The molecule has 1 atom stereocenters. The highest BCUT2D eigenvalue weighted by atomic mass is 32.2. The Balaban J connectivity index is 1.65. The number of carbonyl (C=O) groups excluding carboxylic acids is 1. The van der Waals surface area contributed by atoms with Crippen LogP contribution in [0.3, 0.4) is 0 Å². The molecular weight excluding hydrogens is 384 g/mol. The number of aromatic amines is 1. The standard InChI is InChI=1S/C22H30N4O2S/c1-3-8-17-16-20(27)24-22(23-17)29-19(9-4-2)21(28)26-14-12-25(13-15-26)18-10-6-5-7-11-18/h5-7,10-11,16,19H,3-4,8-9,12-15H2,1-2H3,(H,23,24,27). The molecule has 1 amide bonds. The lowest BCUT2D eigenvalue weighted by Crippen LogP contribution is -2.51. The lowest BCUT2D eigenvalue weighted by atomic mass is 10.2. The lowest BCUT2D eigenvalue weighted by Gasteiger charge is -2.37. The summed E-state index contributed by atoms with van der Waals surface area (Å²) in [6.07, 6.45) is 3.38. The van der Waals surface area contributed by atoms with Gasteiger partial charge in [0, 0.05) is 43.6 Å². The Hall–Kier alpha value is -2.28. The van der Waals surface area contributed by atoms with E-state index >= 15 is 0 Å². The van der Waals surface area contributed by atoms with Gasteiger partial charge in [0.15, 0.2) is 5.16 Å². The topological polar surface area (TPSA) is 69.3 Å². The van der Waals surface area contributed by atoms with Gasteiger partial charge in [-0.2, -0.15) is 0 Å². The number of piperazine rings is 1. The molecule has 0 saturated carbocycles. The van der Waals surface area contributed by atoms with Crippen LogP contribution in [0, 0.1) is 0 Å². The fourth-order valence-corrected chi connectivity index (χ4v) is 4.78. The smallest absolute Gasteiger partial charge is 0.251 e. The van der Waals surface area contributed by atoms with Crippen LogP contribution in [0.1, 0.15) is 38.8 Å². The number of carbonyl (C=O) groups is 1. The number of H-pyrrole nitrogens is 1. The molecular formula is C22H30N4O2S. The number of hydrogen-bond donors (Lipinski definition) is 1. The van der Waals surface area contributed by atoms with Gasteiger partial charge in [-0.3, -0.25) is 9.59 Å². The normalized spacial score (nSPS) is 15.4. The van der Waals surface area contributed by atoms with E-state index in [1.165, 1.54) is 17.4 Å². The van der Waals surface area contributed by atoms with Crippen molar-refractivity contribution < 1.29 is 4.79 Å². The Bertz CT molecular complexity index is 847. The molecule has 1 fully saturated rings. The van der Waals surface area contributed by atoms with Gasteiger partial charge in [0.25, 0.3) is 5.56 Å². The molecule has 0 radical (unpaired) electrons. The molecule has 2 aromatic rings. The van der Waals surface area contributed by atoms with Crippen molar-refractivity contribution in [1.82, 2.24) is 14.9 Å². The first-order valence-corrected chi connectivity index (χ1v) is 11.3. The van der Waals surface area contributed by atoms with Gasteiger partial charge < -0.3 is 14.8 Å². The molecule has 29 heavy (non-hydrogen) atoms. The van der Waals surface area contributed by atoms with Crippen molar-refractivity contribution in [1.29, 1.82) is 0 Å². The zero-order valence-electron chi connectivity index (χ0n) is 17.3. The molecule has 1 unspecified atom stereocenters. The van der Waals surface area contributed by atoms with E-state index in [4.69, 9.17) is 0 Å². The molecule has 3 rings (SSSR count). The molecule has 1 saturated heterocycles. The highest BCUT2D eigenvalue weighted by molar-refractivity contribution is 8.00. The summed E-state index contributed by atoms with van der Waals surface area (Å²) in [4.78, 5) is 36.8. The number of para-hydroxylation sites is 1. The molecule has 0 bridgehead atoms. The second kappa shape index (κ2) is 10.5. The van der Waals surface area contributed by atoms with Crippen molar-refractivity contribution in [2.75, 3.05) is 31.1 Å². The minimum Gasteiger partial charge on any atom is -0.368 e. The van der Waals surface area contributed by atoms with Crippen LogP contribution >= 0.6 is 11.8 Å². The lowest BCUT2D eigenvalue weighted by molar-refractivity contribution is -0.131. The van der Waals surface area contributed by atoms with Crippen LogP contribution in [0.4, 0.5) is 5.69 Å². The van der Waals surface area contributed by atoms with Crippen molar-refractivity contribution in [2.24, 2.45) is 0 Å². The summed E-state index contributed by atoms with van der Waals surface area (Å²) in [6.45, 7) is 7.25. The fourth-order valence-electron chi connectivity index (χ4n) is 3.58. The monoisotopic (exact) mass is 414 g/mol. The van der Waals surface area contributed by atoms with Crippen molar-refractivity contribution in [3.63, 3.8) is 0 Å². The quantitative estimate of drug-likeness (QED) is 0.530. The van der Waals surface area contributed by atoms with Crippen LogP contribution in [0.15, 0.2) is 46.3 Å². The highest BCUT2D eigenvalue weighted by Crippen LogP contribution is 2.26. The maximum absolute atomic E-state index is 13.2. The van der Waals surface area contributed by atoms with Crippen molar-refractivity contribution >= 4 is 23.4 Å². The van der Waals surface area contributed by atoms with E-state index in [0.29, 0.717) is 18.2 Å². The van der Waals surface area contributed by atoms with Crippen LogP contribution in [-0.2, 0) is 11.2 Å². The highest BCUT2D eigenvalue weighted by Gasteiger charge is 2.28. The average molecular weight is 415 g/mol. The summed E-state index contributed by atoms with van der Waals surface area (Å²) in [7, 11) is 0. The van der Waals surface area contributed by atoms with Gasteiger partial charge in [0.05, 0.1) is 5.25 Å². The summed E-state index contributed by atoms with van der Waals surface area (Å²) in [5, 5.41) is 0.332. The van der Waals surface area contributed by atoms with E-state index in [0.717, 1.165) is 44.5 Å². The van der Waals surface area contributed by atoms with Crippen LogP contribution in [0.2, 0.25) is 0 Å². The first-order chi connectivity index (χ1) is 14.1. The molecule has 0 aliphatic carbocycles. The Morgan fingerprint density at radius 1 is 1.14 bits per heavy atom. The Kier molecular flexibility index (Phi) is 7.75. The van der Waals surface area contributed by atoms with Gasteiger partial charge in [0.2, 0.25) is 5.91 Å². The molecule has 6 nitrogen and oxygen atoms in total. The number of hydrogen-bond acceptors (Lipinski definition) is 5. The third-order valence-electron chi connectivity index (χ3n) is 5.07. The third kappa shape index (κ3) is 5.85. The number of anilines is 1. The summed E-state index contributed by atoms with van der Waals surface area (Å²) in [5.41, 5.74) is 1.84. The zero-order valence-corrected chi connectivity index (χ0v) is 18.1. The van der Waals surface area contributed by atoms with Crippen LogP contribution in [-0.4, -0.2) is 52.2 Å². The molecule has 1 N–H and O–H groups in total. The third-order valence-corrected chi connectivity index (χ3v) is 6.21. The number of rotatable bonds is 8. The predicted octanol–water partition coefficient (Wildman–Crippen LogP) is 3.33. The molecule has 7 heteroatoms. The first kappa shape index (κ1) is 21.4. The Labute approximate surface area is 176 Å². The Morgan fingerprint density at radius 2 is 1.86 bits per heavy atom. The number of nitrogens with zero attached hydrogens (tertiary/aromatic N) is 3. The van der Waals surface area contributed by atoms with Gasteiger partial charge >= 0.3 is 0 Å². The number of aromatic nitrogens is 2. The van der Waals surface area contributed by atoms with E-state index in [-0.39, 0.29) is 16.7 Å². The first-order valence-electron chi connectivity index (χ1n) is 10.5. The van der Waals surface area contributed by atoms with E-state index in [1.54, 1.807) is 6.07 Å². The zero-order chi connectivity index (χ0) is 20.6. The largest absolute Gasteiger partial charge is 0.368 e. The number of benzene rings is 1. The molecule has 1 aromatic heterocycles. The van der Waals surface area contributed by atoms with Crippen LogP contribution in [0.5, 0.6) is 0 Å². The second-order valence-corrected chi connectivity index (χ2v) is 8.53. The van der Waals surface area contributed by atoms with Crippen LogP contribution in [0.25, 0.3) is 0 Å². The fraction of sp³-hybridized carbons (Fsp3) is 0.500. The van der Waals surface area contributed by atoms with Gasteiger partial charge in [0.1, 0.15) is 0 Å². The number of thioether (sulfide) groups is 1. The summed E-state index contributed by atoms with van der Waals surface area (Å²) in [6, 6.07) is 11.9. The SMILES string of the molecule is CCCc1cc(=O)[nH]c(SC(CCC)C(=O)N2CCN(c3ccccc3)CC2)n1. The van der Waals surface area contributed by atoms with Gasteiger partial charge in [-0.05, 0) is 25.0 Å². The molecule has 1 aromatic carbocycles. The second-order valence-electron chi connectivity index (χ2n) is 7.33. The summed E-state index contributed by atoms with van der Waals surface area (Å²) >= 11 is 1.39. The van der Waals surface area contributed by atoms with Crippen molar-refractivity contribution in [3.8, 4) is 0 Å². The number of aryl methyl sites for hydroxylation is 1. The molecule has 156 valence electrons. The maximum Gasteiger partial charge on any atom is 0.251 e. The van der Waals surface area contributed by atoms with Gasteiger partial charge in [-0.15, -0.1) is 0 Å². The minimum absolute atomic E-state index is 0.146. The minimum atomic E-state index is -0.219. The predicted molar refractivity (Wildman–Crippen MR) is 119 cm³/mol. The van der Waals surface area contributed by atoms with E-state index in [9.17, 15) is 9.59 Å². The molecule has 1 aliphatic heterocycles. The average Bonchev–Trinajstić information content (AvgIpc) is 2.73.